The summed E-state index contributed by atoms with van der Waals surface area (Å²) >= 11 is 0. The molecule has 0 spiro atoms. The molecule has 0 bridgehead atoms. The van der Waals surface area contributed by atoms with Crippen LogP contribution in [0.4, 0.5) is 21.8 Å². The highest BCUT2D eigenvalue weighted by Crippen LogP contribution is 2.15. The van der Waals surface area contributed by atoms with Crippen molar-refractivity contribution in [2.75, 3.05) is 10.6 Å². The first-order chi connectivity index (χ1) is 10.3. The van der Waals surface area contributed by atoms with E-state index in [4.69, 9.17) is 4.42 Å². The number of benzene rings is 1. The molecule has 0 aliphatic carbocycles. The van der Waals surface area contributed by atoms with Crippen molar-refractivity contribution in [3.63, 3.8) is 0 Å². The molecule has 0 amide bonds. The minimum absolute atomic E-state index is 0.290. The fourth-order valence-electron chi connectivity index (χ4n) is 1.70. The molecule has 106 valence electrons. The van der Waals surface area contributed by atoms with E-state index in [9.17, 15) is 4.39 Å². The number of halogens is 1. The summed E-state index contributed by atoms with van der Waals surface area (Å²) in [6.07, 6.45) is 3.09. The van der Waals surface area contributed by atoms with Crippen molar-refractivity contribution in [2.24, 2.45) is 0 Å². The molecule has 7 heteroatoms. The first-order valence-electron chi connectivity index (χ1n) is 6.28. The summed E-state index contributed by atoms with van der Waals surface area (Å²) < 4.78 is 18.0. The SMILES string of the molecule is Fc1ccc(Nc2cnnc(NCc3ccco3)n2)cc1. The van der Waals surface area contributed by atoms with Gasteiger partial charge in [0.05, 0.1) is 19.0 Å². The molecule has 0 aliphatic heterocycles. The second-order valence-corrected chi connectivity index (χ2v) is 4.23. The molecule has 0 saturated heterocycles. The lowest BCUT2D eigenvalue weighted by molar-refractivity contribution is 0.517. The highest BCUT2D eigenvalue weighted by Gasteiger charge is 2.02. The first kappa shape index (κ1) is 13.0. The normalized spacial score (nSPS) is 10.3. The van der Waals surface area contributed by atoms with Gasteiger partial charge in [0.15, 0.2) is 5.82 Å². The van der Waals surface area contributed by atoms with Gasteiger partial charge in [-0.1, -0.05) is 0 Å². The largest absolute Gasteiger partial charge is 0.467 e. The zero-order chi connectivity index (χ0) is 14.5. The Morgan fingerprint density at radius 3 is 2.76 bits per heavy atom. The molecule has 0 fully saturated rings. The molecule has 2 N–H and O–H groups in total. The quantitative estimate of drug-likeness (QED) is 0.750. The molecule has 2 heterocycles. The van der Waals surface area contributed by atoms with Gasteiger partial charge >= 0.3 is 0 Å². The van der Waals surface area contributed by atoms with Crippen LogP contribution in [-0.2, 0) is 6.54 Å². The van der Waals surface area contributed by atoms with E-state index in [1.807, 2.05) is 12.1 Å². The molecule has 1 aromatic carbocycles. The standard InChI is InChI=1S/C14H12FN5O/c15-10-3-5-11(6-4-10)18-13-9-17-20-14(19-13)16-8-12-2-1-7-21-12/h1-7,9H,8H2,(H2,16,18,19,20). The van der Waals surface area contributed by atoms with Crippen molar-refractivity contribution >= 4 is 17.5 Å². The number of nitrogens with one attached hydrogen (secondary N) is 2. The Balaban J connectivity index is 1.66. The Labute approximate surface area is 120 Å². The van der Waals surface area contributed by atoms with E-state index >= 15 is 0 Å². The van der Waals surface area contributed by atoms with E-state index in [1.165, 1.54) is 18.3 Å². The average Bonchev–Trinajstić information content (AvgIpc) is 3.01. The summed E-state index contributed by atoms with van der Waals surface area (Å²) in [5.74, 6) is 1.37. The zero-order valence-electron chi connectivity index (χ0n) is 11.0. The summed E-state index contributed by atoms with van der Waals surface area (Å²) in [5.41, 5.74) is 0.717. The Bertz CT molecular complexity index is 700. The molecule has 0 saturated carbocycles. The number of anilines is 3. The first-order valence-corrected chi connectivity index (χ1v) is 6.28. The fraction of sp³-hybridized carbons (Fsp3) is 0.0714. The van der Waals surface area contributed by atoms with Crippen LogP contribution in [0.5, 0.6) is 0 Å². The van der Waals surface area contributed by atoms with Gasteiger partial charge in [0.25, 0.3) is 0 Å². The minimum Gasteiger partial charge on any atom is -0.467 e. The van der Waals surface area contributed by atoms with Gasteiger partial charge in [0.2, 0.25) is 5.95 Å². The second kappa shape index (κ2) is 6.00. The third-order valence-corrected chi connectivity index (χ3v) is 2.68. The molecule has 0 radical (unpaired) electrons. The average molecular weight is 285 g/mol. The third kappa shape index (κ3) is 3.53. The third-order valence-electron chi connectivity index (χ3n) is 2.68. The number of aromatic nitrogens is 3. The number of hydrogen-bond acceptors (Lipinski definition) is 6. The second-order valence-electron chi connectivity index (χ2n) is 4.23. The van der Waals surface area contributed by atoms with Crippen molar-refractivity contribution in [2.45, 2.75) is 6.54 Å². The summed E-state index contributed by atoms with van der Waals surface area (Å²) in [4.78, 5) is 4.26. The lowest BCUT2D eigenvalue weighted by atomic mass is 10.3. The topological polar surface area (TPSA) is 75.9 Å². The zero-order valence-corrected chi connectivity index (χ0v) is 11.0. The number of nitrogens with zero attached hydrogens (tertiary/aromatic N) is 3. The number of rotatable bonds is 5. The number of hydrogen-bond donors (Lipinski definition) is 2. The van der Waals surface area contributed by atoms with Gasteiger partial charge in [0, 0.05) is 5.69 Å². The van der Waals surface area contributed by atoms with Gasteiger partial charge in [0.1, 0.15) is 11.6 Å². The molecule has 0 unspecified atom stereocenters. The maximum absolute atomic E-state index is 12.8. The minimum atomic E-state index is -0.290. The van der Waals surface area contributed by atoms with Crippen LogP contribution in [0, 0.1) is 5.82 Å². The van der Waals surface area contributed by atoms with E-state index < -0.39 is 0 Å². The highest BCUT2D eigenvalue weighted by molar-refractivity contribution is 5.55. The van der Waals surface area contributed by atoms with Crippen LogP contribution in [-0.4, -0.2) is 15.2 Å². The molecule has 0 atom stereocenters. The fourth-order valence-corrected chi connectivity index (χ4v) is 1.70. The summed E-state index contributed by atoms with van der Waals surface area (Å²) in [6, 6.07) is 9.63. The van der Waals surface area contributed by atoms with Crippen molar-refractivity contribution in [1.82, 2.24) is 15.2 Å². The predicted octanol–water partition coefficient (Wildman–Crippen LogP) is 2.96. The number of furan rings is 1. The van der Waals surface area contributed by atoms with Crippen LogP contribution in [0.15, 0.2) is 53.3 Å². The van der Waals surface area contributed by atoms with Crippen LogP contribution in [0.25, 0.3) is 0 Å². The Kier molecular flexibility index (Phi) is 3.72. The van der Waals surface area contributed by atoms with Gasteiger partial charge in [-0.2, -0.15) is 10.1 Å². The maximum atomic E-state index is 12.8. The Hall–Kier alpha value is -2.96. The molecule has 3 rings (SSSR count). The van der Waals surface area contributed by atoms with Crippen molar-refractivity contribution in [3.8, 4) is 0 Å². The maximum Gasteiger partial charge on any atom is 0.245 e. The van der Waals surface area contributed by atoms with E-state index in [1.54, 1.807) is 18.4 Å². The predicted molar refractivity (Wildman–Crippen MR) is 75.5 cm³/mol. The molecule has 0 aliphatic rings. The smallest absolute Gasteiger partial charge is 0.245 e. The molecule has 21 heavy (non-hydrogen) atoms. The van der Waals surface area contributed by atoms with Gasteiger partial charge in [-0.25, -0.2) is 4.39 Å². The van der Waals surface area contributed by atoms with Crippen molar-refractivity contribution in [3.05, 3.63) is 60.4 Å². The molecular weight excluding hydrogens is 273 g/mol. The van der Waals surface area contributed by atoms with Crippen LogP contribution in [0.2, 0.25) is 0 Å². The van der Waals surface area contributed by atoms with Crippen LogP contribution < -0.4 is 10.6 Å². The summed E-state index contributed by atoms with van der Waals surface area (Å²) in [7, 11) is 0. The van der Waals surface area contributed by atoms with Crippen LogP contribution >= 0.6 is 0 Å². The van der Waals surface area contributed by atoms with Crippen molar-refractivity contribution < 1.29 is 8.81 Å². The molecule has 6 nitrogen and oxygen atoms in total. The van der Waals surface area contributed by atoms with Crippen LogP contribution in [0.3, 0.4) is 0 Å². The summed E-state index contributed by atoms with van der Waals surface area (Å²) in [6.45, 7) is 0.467. The van der Waals surface area contributed by atoms with Gasteiger partial charge in [-0.05, 0) is 36.4 Å². The Morgan fingerprint density at radius 2 is 2.00 bits per heavy atom. The molecular formula is C14H12FN5O. The van der Waals surface area contributed by atoms with E-state index in [0.717, 1.165) is 5.76 Å². The van der Waals surface area contributed by atoms with Gasteiger partial charge < -0.3 is 15.1 Å². The van der Waals surface area contributed by atoms with E-state index in [2.05, 4.69) is 25.8 Å². The lowest BCUT2D eigenvalue weighted by Gasteiger charge is -2.06. The van der Waals surface area contributed by atoms with Gasteiger partial charge in [-0.15, -0.1) is 5.10 Å². The van der Waals surface area contributed by atoms with Crippen LogP contribution in [0.1, 0.15) is 5.76 Å². The lowest BCUT2D eigenvalue weighted by Crippen LogP contribution is -2.05. The Morgan fingerprint density at radius 1 is 1.14 bits per heavy atom. The van der Waals surface area contributed by atoms with E-state index in [-0.39, 0.29) is 5.82 Å². The summed E-state index contributed by atoms with van der Waals surface area (Å²) in [5, 5.41) is 13.8. The molecule has 3 aromatic rings. The van der Waals surface area contributed by atoms with Gasteiger partial charge in [-0.3, -0.25) is 0 Å². The monoisotopic (exact) mass is 285 g/mol. The molecule has 2 aromatic heterocycles. The van der Waals surface area contributed by atoms with E-state index in [0.29, 0.717) is 24.0 Å². The highest BCUT2D eigenvalue weighted by atomic mass is 19.1. The van der Waals surface area contributed by atoms with Crippen molar-refractivity contribution in [1.29, 1.82) is 0 Å².